The van der Waals surface area contributed by atoms with E-state index in [1.165, 1.54) is 0 Å². The molecule has 0 N–H and O–H groups in total. The molecule has 1 saturated carbocycles. The lowest BCUT2D eigenvalue weighted by atomic mass is 9.81. The van der Waals surface area contributed by atoms with Crippen molar-refractivity contribution >= 4 is 20.0 Å². The first kappa shape index (κ1) is 20.9. The quantitative estimate of drug-likeness (QED) is 0.665. The summed E-state index contributed by atoms with van der Waals surface area (Å²) in [5.74, 6) is -1.33. The monoisotopic (exact) mass is 409 g/mol. The van der Waals surface area contributed by atoms with Crippen LogP contribution >= 0.6 is 0 Å². The average molecular weight is 409 g/mol. The van der Waals surface area contributed by atoms with E-state index >= 15 is 0 Å². The van der Waals surface area contributed by atoms with Gasteiger partial charge in [0.2, 0.25) is 10.0 Å². The largest absolute Gasteiger partial charge is 0.512 e. The van der Waals surface area contributed by atoms with E-state index in [0.29, 0.717) is 6.26 Å². The van der Waals surface area contributed by atoms with Gasteiger partial charge in [0, 0.05) is 18.9 Å². The van der Waals surface area contributed by atoms with Crippen LogP contribution in [-0.2, 0) is 29.5 Å². The molecule has 1 saturated heterocycles. The summed E-state index contributed by atoms with van der Waals surface area (Å²) in [5.41, 5.74) is -5.70. The Morgan fingerprint density at radius 1 is 1.04 bits per heavy atom. The standard InChI is InChI=1S/C13H22F3NO6S2/c1-24(18,19)17(25(20,21)13(14,15)16)8-7-12(22-9-10-23-12)11-5-3-2-4-6-11/h11H,2-10H2,1H3. The molecule has 0 aromatic heterocycles. The molecule has 0 spiro atoms. The fourth-order valence-corrected chi connectivity index (χ4v) is 6.09. The molecule has 12 heteroatoms. The van der Waals surface area contributed by atoms with Gasteiger partial charge >= 0.3 is 15.5 Å². The Hall–Kier alpha value is -0.430. The Balaban J connectivity index is 2.24. The van der Waals surface area contributed by atoms with Crippen LogP contribution in [0.3, 0.4) is 0 Å². The summed E-state index contributed by atoms with van der Waals surface area (Å²) in [5, 5.41) is 0. The number of ether oxygens (including phenoxy) is 2. The minimum Gasteiger partial charge on any atom is -0.347 e. The van der Waals surface area contributed by atoms with E-state index in [1.54, 1.807) is 0 Å². The second kappa shape index (κ2) is 7.29. The third-order valence-electron chi connectivity index (χ3n) is 4.58. The fourth-order valence-electron chi connectivity index (χ4n) is 3.42. The van der Waals surface area contributed by atoms with Gasteiger partial charge in [-0.15, -0.1) is 0 Å². The fraction of sp³-hybridized carbons (Fsp3) is 1.00. The van der Waals surface area contributed by atoms with Crippen LogP contribution in [0.1, 0.15) is 38.5 Å². The van der Waals surface area contributed by atoms with Gasteiger partial charge in [-0.05, 0) is 12.8 Å². The Morgan fingerprint density at radius 2 is 1.56 bits per heavy atom. The summed E-state index contributed by atoms with van der Waals surface area (Å²) in [4.78, 5) is 0. The van der Waals surface area contributed by atoms with Gasteiger partial charge in [0.25, 0.3) is 0 Å². The van der Waals surface area contributed by atoms with E-state index in [0.717, 1.165) is 32.1 Å². The number of sulfonamides is 2. The maximum atomic E-state index is 12.8. The lowest BCUT2D eigenvalue weighted by Crippen LogP contribution is -2.48. The molecule has 1 aliphatic carbocycles. The molecule has 0 unspecified atom stereocenters. The zero-order valence-corrected chi connectivity index (χ0v) is 15.4. The molecule has 0 bridgehead atoms. The summed E-state index contributed by atoms with van der Waals surface area (Å²) < 4.78 is 95.8. The summed E-state index contributed by atoms with van der Waals surface area (Å²) in [6, 6.07) is 0. The van der Waals surface area contributed by atoms with E-state index < -0.39 is 41.6 Å². The van der Waals surface area contributed by atoms with Crippen molar-refractivity contribution < 1.29 is 39.5 Å². The molecular formula is C13H22F3NO6S2. The van der Waals surface area contributed by atoms with Crippen LogP contribution in [0, 0.1) is 5.92 Å². The van der Waals surface area contributed by atoms with Crippen molar-refractivity contribution in [3.63, 3.8) is 0 Å². The van der Waals surface area contributed by atoms with Gasteiger partial charge < -0.3 is 9.47 Å². The van der Waals surface area contributed by atoms with E-state index in [-0.39, 0.29) is 25.6 Å². The van der Waals surface area contributed by atoms with E-state index in [9.17, 15) is 30.0 Å². The Kier molecular flexibility index (Phi) is 6.09. The van der Waals surface area contributed by atoms with E-state index in [1.807, 2.05) is 0 Å². The van der Waals surface area contributed by atoms with Crippen LogP contribution in [0.4, 0.5) is 13.2 Å². The van der Waals surface area contributed by atoms with Gasteiger partial charge in [-0.1, -0.05) is 23.0 Å². The van der Waals surface area contributed by atoms with Crippen LogP contribution < -0.4 is 0 Å². The van der Waals surface area contributed by atoms with Crippen molar-refractivity contribution in [1.82, 2.24) is 3.71 Å². The maximum Gasteiger partial charge on any atom is 0.512 e. The highest BCUT2D eigenvalue weighted by atomic mass is 32.3. The molecule has 148 valence electrons. The lowest BCUT2D eigenvalue weighted by molar-refractivity contribution is -0.206. The normalized spacial score (nSPS) is 23.2. The predicted molar refractivity (Wildman–Crippen MR) is 82.4 cm³/mol. The minimum absolute atomic E-state index is 0.0984. The number of nitrogens with zero attached hydrogens (tertiary/aromatic N) is 1. The summed E-state index contributed by atoms with van der Waals surface area (Å²) >= 11 is 0. The summed E-state index contributed by atoms with van der Waals surface area (Å²) in [6.45, 7) is -0.403. The molecule has 2 rings (SSSR count). The van der Waals surface area contributed by atoms with Gasteiger partial charge in [-0.25, -0.2) is 16.8 Å². The highest BCUT2D eigenvalue weighted by molar-refractivity contribution is 8.04. The highest BCUT2D eigenvalue weighted by Crippen LogP contribution is 2.41. The van der Waals surface area contributed by atoms with E-state index in [4.69, 9.17) is 9.47 Å². The number of hydrogen-bond acceptors (Lipinski definition) is 6. The zero-order chi connectivity index (χ0) is 18.9. The smallest absolute Gasteiger partial charge is 0.347 e. The van der Waals surface area contributed by atoms with Crippen molar-refractivity contribution in [2.75, 3.05) is 26.0 Å². The third-order valence-corrected chi connectivity index (χ3v) is 8.20. The van der Waals surface area contributed by atoms with Crippen molar-refractivity contribution in [2.45, 2.75) is 49.8 Å². The van der Waals surface area contributed by atoms with Gasteiger partial charge in [0.1, 0.15) is 0 Å². The van der Waals surface area contributed by atoms with Crippen LogP contribution in [0.25, 0.3) is 0 Å². The summed E-state index contributed by atoms with van der Waals surface area (Å²) in [6.07, 6.45) is 4.49. The Morgan fingerprint density at radius 3 is 2.00 bits per heavy atom. The van der Waals surface area contributed by atoms with Crippen molar-refractivity contribution in [2.24, 2.45) is 5.92 Å². The minimum atomic E-state index is -6.01. The zero-order valence-electron chi connectivity index (χ0n) is 13.8. The van der Waals surface area contributed by atoms with Gasteiger partial charge in [0.15, 0.2) is 5.79 Å². The van der Waals surface area contributed by atoms with Gasteiger partial charge in [-0.3, -0.25) is 0 Å². The molecule has 2 aliphatic rings. The van der Waals surface area contributed by atoms with Crippen LogP contribution in [-0.4, -0.2) is 57.9 Å². The number of halogens is 3. The van der Waals surface area contributed by atoms with Crippen molar-refractivity contribution in [1.29, 1.82) is 0 Å². The molecule has 0 aromatic carbocycles. The molecular weight excluding hydrogens is 387 g/mol. The predicted octanol–water partition coefficient (Wildman–Crippen LogP) is 1.81. The molecule has 0 amide bonds. The number of hydrogen-bond donors (Lipinski definition) is 0. The molecule has 0 aromatic rings. The van der Waals surface area contributed by atoms with Crippen molar-refractivity contribution in [3.05, 3.63) is 0 Å². The second-order valence-electron chi connectivity index (χ2n) is 6.30. The van der Waals surface area contributed by atoms with Crippen LogP contribution in [0.15, 0.2) is 0 Å². The molecule has 1 heterocycles. The van der Waals surface area contributed by atoms with Gasteiger partial charge in [-0.2, -0.15) is 13.2 Å². The van der Waals surface area contributed by atoms with Gasteiger partial charge in [0.05, 0.1) is 19.5 Å². The molecule has 0 radical (unpaired) electrons. The highest BCUT2D eigenvalue weighted by Gasteiger charge is 2.54. The topological polar surface area (TPSA) is 90.0 Å². The first-order chi connectivity index (χ1) is 11.4. The molecule has 2 fully saturated rings. The molecule has 0 atom stereocenters. The first-order valence-electron chi connectivity index (χ1n) is 7.97. The number of alkyl halides is 3. The summed E-state index contributed by atoms with van der Waals surface area (Å²) in [7, 11) is -10.7. The van der Waals surface area contributed by atoms with Crippen molar-refractivity contribution in [3.8, 4) is 0 Å². The lowest BCUT2D eigenvalue weighted by Gasteiger charge is -2.38. The molecule has 1 aliphatic heterocycles. The Bertz CT molecular complexity index is 664. The Labute approximate surface area is 145 Å². The van der Waals surface area contributed by atoms with Crippen LogP contribution in [0.5, 0.6) is 0 Å². The first-order valence-corrected chi connectivity index (χ1v) is 11.3. The molecule has 25 heavy (non-hydrogen) atoms. The number of rotatable bonds is 6. The van der Waals surface area contributed by atoms with Crippen LogP contribution in [0.2, 0.25) is 0 Å². The average Bonchev–Trinajstić information content (AvgIpc) is 2.95. The van der Waals surface area contributed by atoms with E-state index in [2.05, 4.69) is 0 Å². The maximum absolute atomic E-state index is 12.8. The second-order valence-corrected chi connectivity index (χ2v) is 10.3. The molecule has 7 nitrogen and oxygen atoms in total. The SMILES string of the molecule is CS(=O)(=O)N(CCC1(C2CCCCC2)OCCO1)S(=O)(=O)C(F)(F)F. The third kappa shape index (κ3) is 4.46.